The first kappa shape index (κ1) is 29.7. The molecular weight excluding hydrogens is 462 g/mol. The number of carbonyl (C=O) groups is 1. The highest BCUT2D eigenvalue weighted by Gasteiger charge is 2.23. The SMILES string of the molecule is CCC(CO)CO.CCC1COC(c2cnc(C#N)c(F)c2)OC1.N#Cc1ncc(C=O)cc1F. The average molecular weight is 491 g/mol. The maximum absolute atomic E-state index is 13.4. The lowest BCUT2D eigenvalue weighted by molar-refractivity contribution is -0.205. The number of hydrogen-bond acceptors (Lipinski definition) is 9. The van der Waals surface area contributed by atoms with Crippen molar-refractivity contribution in [1.82, 2.24) is 9.97 Å². The molecule has 0 radical (unpaired) electrons. The molecule has 1 aliphatic rings. The lowest BCUT2D eigenvalue weighted by atomic mass is 10.1. The molecule has 2 aromatic heterocycles. The van der Waals surface area contributed by atoms with E-state index in [1.54, 1.807) is 12.1 Å². The average Bonchev–Trinajstić information content (AvgIpc) is 2.90. The Kier molecular flexibility index (Phi) is 13.8. The Bertz CT molecular complexity index is 1010. The molecule has 0 aliphatic carbocycles. The molecule has 0 bridgehead atoms. The Balaban J connectivity index is 0.000000293. The van der Waals surface area contributed by atoms with Crippen LogP contribution in [0.4, 0.5) is 8.78 Å². The van der Waals surface area contributed by atoms with Crippen LogP contribution in [0.2, 0.25) is 0 Å². The van der Waals surface area contributed by atoms with Gasteiger partial charge in [-0.05, 0) is 25.0 Å². The van der Waals surface area contributed by atoms with Gasteiger partial charge < -0.3 is 19.7 Å². The highest BCUT2D eigenvalue weighted by atomic mass is 19.1. The van der Waals surface area contributed by atoms with Crippen molar-refractivity contribution in [3.8, 4) is 12.1 Å². The van der Waals surface area contributed by atoms with E-state index in [9.17, 15) is 13.6 Å². The number of aliphatic hydroxyl groups is 2. The largest absolute Gasteiger partial charge is 0.396 e. The molecule has 0 saturated carbocycles. The minimum atomic E-state index is -0.767. The van der Waals surface area contributed by atoms with Crippen LogP contribution in [-0.2, 0) is 9.47 Å². The van der Waals surface area contributed by atoms with Gasteiger partial charge in [0.2, 0.25) is 0 Å². The third-order valence-corrected chi connectivity index (χ3v) is 4.98. The summed E-state index contributed by atoms with van der Waals surface area (Å²) in [6.07, 6.45) is 4.30. The smallest absolute Gasteiger partial charge is 0.185 e. The molecular formula is C24H28F2N4O5. The second kappa shape index (κ2) is 16.3. The van der Waals surface area contributed by atoms with Crippen LogP contribution in [0.5, 0.6) is 0 Å². The summed E-state index contributed by atoms with van der Waals surface area (Å²) in [7, 11) is 0. The molecule has 188 valence electrons. The summed E-state index contributed by atoms with van der Waals surface area (Å²) in [6.45, 7) is 5.42. The monoisotopic (exact) mass is 490 g/mol. The Morgan fingerprint density at radius 2 is 1.60 bits per heavy atom. The summed E-state index contributed by atoms with van der Waals surface area (Å²) >= 11 is 0. The quantitative estimate of drug-likeness (QED) is 0.582. The first-order valence-corrected chi connectivity index (χ1v) is 10.9. The first-order valence-electron chi connectivity index (χ1n) is 10.9. The number of pyridine rings is 2. The van der Waals surface area contributed by atoms with Crippen molar-refractivity contribution < 1.29 is 33.3 Å². The topological polar surface area (TPSA) is 149 Å². The van der Waals surface area contributed by atoms with E-state index in [1.165, 1.54) is 12.3 Å². The second-order valence-electron chi connectivity index (χ2n) is 7.45. The van der Waals surface area contributed by atoms with Crippen molar-refractivity contribution in [2.24, 2.45) is 11.8 Å². The summed E-state index contributed by atoms with van der Waals surface area (Å²) in [4.78, 5) is 17.2. The van der Waals surface area contributed by atoms with Gasteiger partial charge in [-0.15, -0.1) is 0 Å². The number of hydrogen-bond donors (Lipinski definition) is 2. The number of aldehydes is 1. The van der Waals surface area contributed by atoms with Crippen molar-refractivity contribution in [2.45, 2.75) is 33.0 Å². The number of aliphatic hydroxyl groups excluding tert-OH is 2. The molecule has 1 fully saturated rings. The summed E-state index contributed by atoms with van der Waals surface area (Å²) in [5.41, 5.74) is 0.129. The number of nitrogens with zero attached hydrogens (tertiary/aromatic N) is 4. The van der Waals surface area contributed by atoms with Gasteiger partial charge in [-0.1, -0.05) is 13.8 Å². The normalized spacial score (nSPS) is 16.6. The lowest BCUT2D eigenvalue weighted by Crippen LogP contribution is -2.26. The van der Waals surface area contributed by atoms with E-state index in [0.717, 1.165) is 25.1 Å². The van der Waals surface area contributed by atoms with Gasteiger partial charge in [0, 0.05) is 48.6 Å². The Labute approximate surface area is 202 Å². The van der Waals surface area contributed by atoms with E-state index in [4.69, 9.17) is 30.2 Å². The third-order valence-electron chi connectivity index (χ3n) is 4.98. The maximum atomic E-state index is 13.4. The standard InChI is InChI=1S/C12H13FN2O2.C7H3FN2O.C5H12O2/c1-2-8-6-16-12(17-7-8)9-3-10(13)11(4-14)15-5-9;8-6-1-5(4-11)3-10-7(6)2-9;1-2-5(3-6)4-7/h3,5,8,12H,2,6-7H2,1H3;1,3-4H;5-7H,2-4H2,1H3. The maximum Gasteiger partial charge on any atom is 0.185 e. The molecule has 0 atom stereocenters. The molecule has 0 spiro atoms. The van der Waals surface area contributed by atoms with Gasteiger partial charge >= 0.3 is 0 Å². The molecule has 2 aromatic rings. The molecule has 3 rings (SSSR count). The molecule has 35 heavy (non-hydrogen) atoms. The fraction of sp³-hybridized carbons (Fsp3) is 0.458. The van der Waals surface area contributed by atoms with Crippen LogP contribution in [0.25, 0.3) is 0 Å². The molecule has 0 unspecified atom stereocenters. The molecule has 1 saturated heterocycles. The number of rotatable bonds is 6. The number of halogens is 2. The van der Waals surface area contributed by atoms with Crippen molar-refractivity contribution in [2.75, 3.05) is 26.4 Å². The van der Waals surface area contributed by atoms with E-state index in [0.29, 0.717) is 31.0 Å². The van der Waals surface area contributed by atoms with E-state index in [1.807, 2.05) is 6.92 Å². The number of carbonyl (C=O) groups excluding carboxylic acids is 1. The van der Waals surface area contributed by atoms with Gasteiger partial charge in [0.15, 0.2) is 35.6 Å². The summed E-state index contributed by atoms with van der Waals surface area (Å²) in [6, 6.07) is 5.43. The van der Waals surface area contributed by atoms with Gasteiger partial charge in [-0.3, -0.25) is 4.79 Å². The minimum Gasteiger partial charge on any atom is -0.396 e. The highest BCUT2D eigenvalue weighted by Crippen LogP contribution is 2.26. The van der Waals surface area contributed by atoms with Gasteiger partial charge in [0.1, 0.15) is 12.1 Å². The number of ether oxygens (including phenoxy) is 2. The zero-order valence-electron chi connectivity index (χ0n) is 19.5. The van der Waals surface area contributed by atoms with Crippen molar-refractivity contribution in [1.29, 1.82) is 10.5 Å². The van der Waals surface area contributed by atoms with E-state index >= 15 is 0 Å². The molecule has 11 heteroatoms. The second-order valence-corrected chi connectivity index (χ2v) is 7.45. The van der Waals surface area contributed by atoms with Crippen LogP contribution in [0.15, 0.2) is 24.5 Å². The van der Waals surface area contributed by atoms with Crippen LogP contribution in [0.1, 0.15) is 60.3 Å². The molecule has 1 aliphatic heterocycles. The van der Waals surface area contributed by atoms with Crippen molar-refractivity contribution in [3.63, 3.8) is 0 Å². The van der Waals surface area contributed by atoms with Gasteiger partial charge in [0.05, 0.1) is 13.2 Å². The predicted molar refractivity (Wildman–Crippen MR) is 120 cm³/mol. The van der Waals surface area contributed by atoms with Crippen LogP contribution in [-0.4, -0.2) is 52.9 Å². The fourth-order valence-electron chi connectivity index (χ4n) is 2.55. The molecule has 9 nitrogen and oxygen atoms in total. The van der Waals surface area contributed by atoms with E-state index < -0.39 is 17.9 Å². The highest BCUT2D eigenvalue weighted by molar-refractivity contribution is 5.74. The Morgan fingerprint density at radius 3 is 1.97 bits per heavy atom. The zero-order valence-corrected chi connectivity index (χ0v) is 19.5. The molecule has 2 N–H and O–H groups in total. The Hall–Kier alpha value is -3.35. The number of aromatic nitrogens is 2. The third kappa shape index (κ3) is 9.81. The van der Waals surface area contributed by atoms with Crippen molar-refractivity contribution >= 4 is 6.29 Å². The fourth-order valence-corrected chi connectivity index (χ4v) is 2.55. The summed E-state index contributed by atoms with van der Waals surface area (Å²) in [5, 5.41) is 33.5. The number of nitriles is 2. The molecule has 0 aromatic carbocycles. The van der Waals surface area contributed by atoms with Crippen LogP contribution in [0, 0.1) is 46.1 Å². The van der Waals surface area contributed by atoms with Crippen LogP contribution in [0.3, 0.4) is 0 Å². The lowest BCUT2D eigenvalue weighted by Gasteiger charge is -2.28. The molecule has 0 amide bonds. The van der Waals surface area contributed by atoms with Crippen molar-refractivity contribution in [3.05, 3.63) is 58.7 Å². The van der Waals surface area contributed by atoms with E-state index in [-0.39, 0.29) is 36.1 Å². The van der Waals surface area contributed by atoms with E-state index in [2.05, 4.69) is 16.9 Å². The van der Waals surface area contributed by atoms with Gasteiger partial charge in [-0.25, -0.2) is 18.7 Å². The Morgan fingerprint density at radius 1 is 1.06 bits per heavy atom. The summed E-state index contributed by atoms with van der Waals surface area (Å²) in [5.74, 6) is -0.922. The minimum absolute atomic E-state index is 0.0972. The van der Waals surface area contributed by atoms with Crippen LogP contribution < -0.4 is 0 Å². The van der Waals surface area contributed by atoms with Crippen LogP contribution >= 0.6 is 0 Å². The zero-order chi connectivity index (χ0) is 26.2. The predicted octanol–water partition coefficient (Wildman–Crippen LogP) is 3.07. The van der Waals surface area contributed by atoms with Gasteiger partial charge in [0.25, 0.3) is 0 Å². The first-order chi connectivity index (χ1) is 16.9. The van der Waals surface area contributed by atoms with Gasteiger partial charge in [-0.2, -0.15) is 10.5 Å². The summed E-state index contributed by atoms with van der Waals surface area (Å²) < 4.78 is 36.9. The molecule has 3 heterocycles.